The molecule has 1 atom stereocenters. The van der Waals surface area contributed by atoms with Crippen LogP contribution >= 0.6 is 11.3 Å². The second kappa shape index (κ2) is 6.63. The van der Waals surface area contributed by atoms with Gasteiger partial charge in [-0.1, -0.05) is 24.3 Å². The molecule has 0 aliphatic carbocycles. The van der Waals surface area contributed by atoms with Crippen LogP contribution in [0.2, 0.25) is 0 Å². The van der Waals surface area contributed by atoms with Gasteiger partial charge in [-0.05, 0) is 25.0 Å². The molecule has 2 rings (SSSR count). The number of nitrogens with one attached hydrogen (secondary N) is 1. The van der Waals surface area contributed by atoms with E-state index in [1.54, 1.807) is 11.3 Å². The van der Waals surface area contributed by atoms with Crippen LogP contribution in [-0.2, 0) is 17.8 Å². The molecule has 0 amide bonds. The van der Waals surface area contributed by atoms with E-state index < -0.39 is 5.97 Å². The van der Waals surface area contributed by atoms with E-state index in [0.29, 0.717) is 0 Å². The molecule has 20 heavy (non-hydrogen) atoms. The van der Waals surface area contributed by atoms with Crippen LogP contribution in [0.1, 0.15) is 34.0 Å². The quantitative estimate of drug-likeness (QED) is 0.858. The Morgan fingerprint density at radius 2 is 2.00 bits per heavy atom. The first-order valence-electron chi connectivity index (χ1n) is 6.50. The maximum absolute atomic E-state index is 10.6. The SMILES string of the molecule is Cc1cnc(C(C)NCc2ccc(CC(=O)O)cc2)s1. The Bertz CT molecular complexity index is 578. The summed E-state index contributed by atoms with van der Waals surface area (Å²) in [6.07, 6.45) is 1.96. The molecule has 1 aromatic heterocycles. The lowest BCUT2D eigenvalue weighted by atomic mass is 10.1. The Morgan fingerprint density at radius 1 is 1.35 bits per heavy atom. The van der Waals surface area contributed by atoms with Crippen molar-refractivity contribution >= 4 is 17.3 Å². The fourth-order valence-electron chi connectivity index (χ4n) is 1.88. The maximum atomic E-state index is 10.6. The average molecular weight is 290 g/mol. The van der Waals surface area contributed by atoms with E-state index in [2.05, 4.69) is 24.1 Å². The molecule has 0 radical (unpaired) electrons. The van der Waals surface area contributed by atoms with E-state index in [1.807, 2.05) is 30.5 Å². The molecule has 0 fully saturated rings. The molecule has 1 aromatic carbocycles. The topological polar surface area (TPSA) is 62.2 Å². The van der Waals surface area contributed by atoms with Crippen molar-refractivity contribution in [2.45, 2.75) is 32.9 Å². The fraction of sp³-hybridized carbons (Fsp3) is 0.333. The molecule has 0 saturated carbocycles. The molecule has 1 heterocycles. The lowest BCUT2D eigenvalue weighted by molar-refractivity contribution is -0.136. The molecule has 0 spiro atoms. The second-order valence-corrected chi connectivity index (χ2v) is 6.07. The zero-order valence-electron chi connectivity index (χ0n) is 11.6. The highest BCUT2D eigenvalue weighted by atomic mass is 32.1. The van der Waals surface area contributed by atoms with E-state index in [9.17, 15) is 4.79 Å². The van der Waals surface area contributed by atoms with Crippen LogP contribution in [0.4, 0.5) is 0 Å². The van der Waals surface area contributed by atoms with Crippen LogP contribution in [0.25, 0.3) is 0 Å². The summed E-state index contributed by atoms with van der Waals surface area (Å²) >= 11 is 1.70. The molecule has 0 saturated heterocycles. The Kier molecular flexibility index (Phi) is 4.87. The number of carbonyl (C=O) groups is 1. The first-order chi connectivity index (χ1) is 9.54. The van der Waals surface area contributed by atoms with Gasteiger partial charge in [0, 0.05) is 17.6 Å². The Balaban J connectivity index is 1.89. The number of rotatable bonds is 6. The van der Waals surface area contributed by atoms with E-state index in [4.69, 9.17) is 5.11 Å². The van der Waals surface area contributed by atoms with Gasteiger partial charge < -0.3 is 10.4 Å². The molecule has 0 aliphatic rings. The largest absolute Gasteiger partial charge is 0.481 e. The first kappa shape index (κ1) is 14.7. The summed E-state index contributed by atoms with van der Waals surface area (Å²) in [5.74, 6) is -0.802. The van der Waals surface area contributed by atoms with Gasteiger partial charge in [0.05, 0.1) is 12.5 Å². The van der Waals surface area contributed by atoms with E-state index in [-0.39, 0.29) is 12.5 Å². The summed E-state index contributed by atoms with van der Waals surface area (Å²) in [6.45, 7) is 4.89. The van der Waals surface area contributed by atoms with Crippen LogP contribution in [0, 0.1) is 6.92 Å². The maximum Gasteiger partial charge on any atom is 0.307 e. The van der Waals surface area contributed by atoms with E-state index in [1.165, 1.54) is 4.88 Å². The number of carboxylic acid groups (broad SMARTS) is 1. The molecule has 0 bridgehead atoms. The van der Waals surface area contributed by atoms with Crippen molar-refractivity contribution in [3.05, 3.63) is 51.5 Å². The van der Waals surface area contributed by atoms with Gasteiger partial charge in [0.25, 0.3) is 0 Å². The average Bonchev–Trinajstić information content (AvgIpc) is 2.84. The minimum Gasteiger partial charge on any atom is -0.481 e. The predicted octanol–water partition coefficient (Wildman–Crippen LogP) is 2.93. The van der Waals surface area contributed by atoms with Crippen LogP contribution in [-0.4, -0.2) is 16.1 Å². The van der Waals surface area contributed by atoms with Crippen molar-refractivity contribution in [1.29, 1.82) is 0 Å². The smallest absolute Gasteiger partial charge is 0.307 e. The van der Waals surface area contributed by atoms with Crippen LogP contribution in [0.5, 0.6) is 0 Å². The molecule has 106 valence electrons. The molecular weight excluding hydrogens is 272 g/mol. The molecule has 4 nitrogen and oxygen atoms in total. The zero-order chi connectivity index (χ0) is 14.5. The summed E-state index contributed by atoms with van der Waals surface area (Å²) in [5, 5.41) is 13.2. The lowest BCUT2D eigenvalue weighted by Crippen LogP contribution is -2.17. The van der Waals surface area contributed by atoms with Crippen LogP contribution in [0.15, 0.2) is 30.5 Å². The van der Waals surface area contributed by atoms with Crippen molar-refractivity contribution in [2.75, 3.05) is 0 Å². The number of hydrogen-bond acceptors (Lipinski definition) is 4. The van der Waals surface area contributed by atoms with Gasteiger partial charge >= 0.3 is 5.97 Å². The van der Waals surface area contributed by atoms with Crippen molar-refractivity contribution in [1.82, 2.24) is 10.3 Å². The van der Waals surface area contributed by atoms with Gasteiger partial charge in [0.15, 0.2) is 0 Å². The third kappa shape index (κ3) is 4.15. The number of nitrogens with zero attached hydrogens (tertiary/aromatic N) is 1. The minimum absolute atomic E-state index is 0.0719. The Hall–Kier alpha value is -1.72. The summed E-state index contributed by atoms with van der Waals surface area (Å²) < 4.78 is 0. The Labute approximate surface area is 122 Å². The monoisotopic (exact) mass is 290 g/mol. The van der Waals surface area contributed by atoms with Crippen LogP contribution < -0.4 is 5.32 Å². The first-order valence-corrected chi connectivity index (χ1v) is 7.31. The molecule has 5 heteroatoms. The number of aliphatic carboxylic acids is 1. The van der Waals surface area contributed by atoms with Crippen molar-refractivity contribution in [2.24, 2.45) is 0 Å². The van der Waals surface area contributed by atoms with Gasteiger partial charge in [-0.25, -0.2) is 4.98 Å². The van der Waals surface area contributed by atoms with Crippen molar-refractivity contribution in [3.8, 4) is 0 Å². The second-order valence-electron chi connectivity index (χ2n) is 4.80. The summed E-state index contributed by atoms with van der Waals surface area (Å²) in [5.41, 5.74) is 1.96. The molecule has 0 aliphatic heterocycles. The minimum atomic E-state index is -0.802. The number of benzene rings is 1. The number of hydrogen-bond donors (Lipinski definition) is 2. The Morgan fingerprint density at radius 3 is 2.55 bits per heavy atom. The van der Waals surface area contributed by atoms with Crippen molar-refractivity contribution in [3.63, 3.8) is 0 Å². The standard InChI is InChI=1S/C15H18N2O2S/c1-10-8-17-15(20-10)11(2)16-9-13-5-3-12(4-6-13)7-14(18)19/h3-6,8,11,16H,7,9H2,1-2H3,(H,18,19). The van der Waals surface area contributed by atoms with Crippen LogP contribution in [0.3, 0.4) is 0 Å². The van der Waals surface area contributed by atoms with E-state index >= 15 is 0 Å². The highest BCUT2D eigenvalue weighted by molar-refractivity contribution is 7.11. The molecule has 1 unspecified atom stereocenters. The van der Waals surface area contributed by atoms with Crippen molar-refractivity contribution < 1.29 is 9.90 Å². The third-order valence-electron chi connectivity index (χ3n) is 3.00. The predicted molar refractivity (Wildman–Crippen MR) is 79.9 cm³/mol. The molecular formula is C15H18N2O2S. The van der Waals surface area contributed by atoms with Gasteiger partial charge in [0.1, 0.15) is 5.01 Å². The normalized spacial score (nSPS) is 12.3. The summed E-state index contributed by atoms with van der Waals surface area (Å²) in [6, 6.07) is 7.87. The number of aryl methyl sites for hydroxylation is 1. The van der Waals surface area contributed by atoms with Gasteiger partial charge in [-0.15, -0.1) is 11.3 Å². The zero-order valence-corrected chi connectivity index (χ0v) is 12.4. The van der Waals surface area contributed by atoms with Gasteiger partial charge in [-0.2, -0.15) is 0 Å². The summed E-state index contributed by atoms with van der Waals surface area (Å²) in [7, 11) is 0. The van der Waals surface area contributed by atoms with E-state index in [0.717, 1.165) is 22.7 Å². The highest BCUT2D eigenvalue weighted by Crippen LogP contribution is 2.19. The third-order valence-corrected chi connectivity index (χ3v) is 4.10. The molecule has 2 aromatic rings. The highest BCUT2D eigenvalue weighted by Gasteiger charge is 2.08. The number of aromatic nitrogens is 1. The molecule has 2 N–H and O–H groups in total. The van der Waals surface area contributed by atoms with Gasteiger partial charge in [-0.3, -0.25) is 4.79 Å². The number of carboxylic acids is 1. The summed E-state index contributed by atoms with van der Waals surface area (Å²) in [4.78, 5) is 16.2. The number of thiazole rings is 1. The lowest BCUT2D eigenvalue weighted by Gasteiger charge is -2.11. The fourth-order valence-corrected chi connectivity index (χ4v) is 2.68. The van der Waals surface area contributed by atoms with Gasteiger partial charge in [0.2, 0.25) is 0 Å².